The van der Waals surface area contributed by atoms with Crippen LogP contribution < -0.4 is 0 Å². The molecule has 1 aliphatic rings. The number of phenols is 1. The number of benzene rings is 1. The molecule has 3 nitrogen and oxygen atoms in total. The average Bonchev–Trinajstić information content (AvgIpc) is 2.04. The summed E-state index contributed by atoms with van der Waals surface area (Å²) < 4.78 is 5.10. The van der Waals surface area contributed by atoms with Crippen molar-refractivity contribution in [1.29, 1.82) is 0 Å². The van der Waals surface area contributed by atoms with Crippen molar-refractivity contribution in [3.05, 3.63) is 29.3 Å². The Balaban J connectivity index is 2.53. The Kier molecular flexibility index (Phi) is 1.75. The third-order valence-electron chi connectivity index (χ3n) is 2.04. The summed E-state index contributed by atoms with van der Waals surface area (Å²) >= 11 is 0. The fraction of sp³-hybridized carbons (Fsp3) is 0.333. The van der Waals surface area contributed by atoms with Gasteiger partial charge in [-0.3, -0.25) is 0 Å². The van der Waals surface area contributed by atoms with Gasteiger partial charge in [-0.05, 0) is 11.6 Å². The Morgan fingerprint density at radius 3 is 3.00 bits per heavy atom. The number of hydrogen-bond acceptors (Lipinski definition) is 3. The monoisotopic (exact) mass is 166 g/mol. The first-order chi connectivity index (χ1) is 5.79. The van der Waals surface area contributed by atoms with Gasteiger partial charge in [-0.25, -0.2) is 0 Å². The standard InChI is InChI=1S/C9H10O3/c10-7-3-1-2-6-4-12-5-8(11)9(6)7/h1-3,8,10-11H,4-5H2. The predicted molar refractivity (Wildman–Crippen MR) is 42.7 cm³/mol. The normalized spacial score (nSPS) is 21.9. The van der Waals surface area contributed by atoms with Crippen LogP contribution in [-0.2, 0) is 11.3 Å². The molecule has 12 heavy (non-hydrogen) atoms. The van der Waals surface area contributed by atoms with Crippen molar-refractivity contribution in [2.24, 2.45) is 0 Å². The summed E-state index contributed by atoms with van der Waals surface area (Å²) in [5.41, 5.74) is 1.48. The first-order valence-electron chi connectivity index (χ1n) is 3.85. The summed E-state index contributed by atoms with van der Waals surface area (Å²) in [5, 5.41) is 18.9. The summed E-state index contributed by atoms with van der Waals surface area (Å²) in [6, 6.07) is 5.17. The summed E-state index contributed by atoms with van der Waals surface area (Å²) in [5.74, 6) is 0.156. The molecule has 3 heteroatoms. The zero-order valence-electron chi connectivity index (χ0n) is 6.53. The lowest BCUT2D eigenvalue weighted by molar-refractivity contribution is 0.00838. The molecule has 1 unspecified atom stereocenters. The second-order valence-corrected chi connectivity index (χ2v) is 2.88. The van der Waals surface area contributed by atoms with Crippen molar-refractivity contribution >= 4 is 0 Å². The molecule has 1 atom stereocenters. The lowest BCUT2D eigenvalue weighted by atomic mass is 10.0. The van der Waals surface area contributed by atoms with Gasteiger partial charge in [-0.2, -0.15) is 0 Å². The molecule has 1 aliphatic heterocycles. The summed E-state index contributed by atoms with van der Waals surface area (Å²) in [7, 11) is 0. The van der Waals surface area contributed by atoms with E-state index in [-0.39, 0.29) is 12.4 Å². The molecular weight excluding hydrogens is 156 g/mol. The predicted octanol–water partition coefficient (Wildman–Crippen LogP) is 0.956. The third kappa shape index (κ3) is 1.07. The van der Waals surface area contributed by atoms with Crippen LogP contribution in [0.4, 0.5) is 0 Å². The van der Waals surface area contributed by atoms with Crippen molar-refractivity contribution < 1.29 is 14.9 Å². The van der Waals surface area contributed by atoms with Gasteiger partial charge in [0.05, 0.1) is 13.2 Å². The highest BCUT2D eigenvalue weighted by Crippen LogP contribution is 2.31. The van der Waals surface area contributed by atoms with E-state index in [1.165, 1.54) is 0 Å². The number of aliphatic hydroxyl groups excluding tert-OH is 1. The number of fused-ring (bicyclic) bond motifs is 1. The number of aliphatic hydroxyl groups is 1. The molecule has 64 valence electrons. The third-order valence-corrected chi connectivity index (χ3v) is 2.04. The van der Waals surface area contributed by atoms with E-state index in [9.17, 15) is 10.2 Å². The van der Waals surface area contributed by atoms with Gasteiger partial charge in [-0.1, -0.05) is 12.1 Å². The molecule has 0 aromatic heterocycles. The molecule has 2 N–H and O–H groups in total. The van der Waals surface area contributed by atoms with Crippen LogP contribution in [-0.4, -0.2) is 16.8 Å². The van der Waals surface area contributed by atoms with Gasteiger partial charge in [-0.15, -0.1) is 0 Å². The molecule has 0 saturated carbocycles. The maximum atomic E-state index is 9.46. The Labute approximate surface area is 70.2 Å². The van der Waals surface area contributed by atoms with E-state index in [0.717, 1.165) is 5.56 Å². The summed E-state index contributed by atoms with van der Waals surface area (Å²) in [6.07, 6.45) is -0.685. The Morgan fingerprint density at radius 1 is 1.42 bits per heavy atom. The summed E-state index contributed by atoms with van der Waals surface area (Å²) in [6.45, 7) is 0.741. The maximum absolute atomic E-state index is 9.46. The van der Waals surface area contributed by atoms with Crippen LogP contribution in [0.5, 0.6) is 5.75 Å². The van der Waals surface area contributed by atoms with Gasteiger partial charge in [0.25, 0.3) is 0 Å². The zero-order chi connectivity index (χ0) is 8.55. The number of ether oxygens (including phenoxy) is 1. The van der Waals surface area contributed by atoms with Crippen molar-refractivity contribution in [1.82, 2.24) is 0 Å². The van der Waals surface area contributed by atoms with Crippen LogP contribution >= 0.6 is 0 Å². The fourth-order valence-corrected chi connectivity index (χ4v) is 1.47. The molecule has 0 bridgehead atoms. The van der Waals surface area contributed by atoms with E-state index >= 15 is 0 Å². The molecule has 0 aliphatic carbocycles. The number of phenolic OH excluding ortho intramolecular Hbond substituents is 1. The molecular formula is C9H10O3. The minimum atomic E-state index is -0.685. The van der Waals surface area contributed by atoms with Crippen LogP contribution in [0.2, 0.25) is 0 Å². The quantitative estimate of drug-likeness (QED) is 0.603. The van der Waals surface area contributed by atoms with E-state index in [1.54, 1.807) is 12.1 Å². The van der Waals surface area contributed by atoms with Crippen LogP contribution in [0.3, 0.4) is 0 Å². The minimum Gasteiger partial charge on any atom is -0.508 e. The van der Waals surface area contributed by atoms with Crippen molar-refractivity contribution in [3.8, 4) is 5.75 Å². The van der Waals surface area contributed by atoms with Crippen molar-refractivity contribution in [2.75, 3.05) is 6.61 Å². The topological polar surface area (TPSA) is 49.7 Å². The van der Waals surface area contributed by atoms with E-state index in [0.29, 0.717) is 12.2 Å². The van der Waals surface area contributed by atoms with Crippen LogP contribution in [0.25, 0.3) is 0 Å². The first-order valence-corrected chi connectivity index (χ1v) is 3.85. The van der Waals surface area contributed by atoms with Crippen molar-refractivity contribution in [3.63, 3.8) is 0 Å². The highest BCUT2D eigenvalue weighted by Gasteiger charge is 2.21. The van der Waals surface area contributed by atoms with Gasteiger partial charge in [0.15, 0.2) is 0 Å². The smallest absolute Gasteiger partial charge is 0.121 e. The lowest BCUT2D eigenvalue weighted by Gasteiger charge is -2.22. The summed E-state index contributed by atoms with van der Waals surface area (Å²) in [4.78, 5) is 0. The SMILES string of the molecule is Oc1cccc2c1C(O)COC2. The molecule has 1 heterocycles. The van der Waals surface area contributed by atoms with E-state index < -0.39 is 6.10 Å². The van der Waals surface area contributed by atoms with Gasteiger partial charge in [0, 0.05) is 5.56 Å². The lowest BCUT2D eigenvalue weighted by Crippen LogP contribution is -2.16. The number of aromatic hydroxyl groups is 1. The number of hydrogen-bond donors (Lipinski definition) is 2. The molecule has 0 spiro atoms. The highest BCUT2D eigenvalue weighted by molar-refractivity contribution is 5.41. The van der Waals surface area contributed by atoms with Gasteiger partial charge < -0.3 is 14.9 Å². The molecule has 0 amide bonds. The Morgan fingerprint density at radius 2 is 2.25 bits per heavy atom. The Bertz CT molecular complexity index is 296. The van der Waals surface area contributed by atoms with Crippen LogP contribution in [0.1, 0.15) is 17.2 Å². The second-order valence-electron chi connectivity index (χ2n) is 2.88. The number of rotatable bonds is 0. The highest BCUT2D eigenvalue weighted by atomic mass is 16.5. The van der Waals surface area contributed by atoms with E-state index in [4.69, 9.17) is 4.74 Å². The molecule has 0 saturated heterocycles. The molecule has 0 fully saturated rings. The largest absolute Gasteiger partial charge is 0.508 e. The molecule has 1 aromatic rings. The van der Waals surface area contributed by atoms with Gasteiger partial charge in [0.1, 0.15) is 11.9 Å². The first kappa shape index (κ1) is 7.58. The molecule has 0 radical (unpaired) electrons. The molecule has 1 aromatic carbocycles. The van der Waals surface area contributed by atoms with Crippen LogP contribution in [0.15, 0.2) is 18.2 Å². The molecule has 2 rings (SSSR count). The zero-order valence-corrected chi connectivity index (χ0v) is 6.53. The Hall–Kier alpha value is -1.06. The van der Waals surface area contributed by atoms with Gasteiger partial charge >= 0.3 is 0 Å². The second kappa shape index (κ2) is 2.77. The average molecular weight is 166 g/mol. The van der Waals surface area contributed by atoms with Crippen molar-refractivity contribution in [2.45, 2.75) is 12.7 Å². The van der Waals surface area contributed by atoms with Gasteiger partial charge in [0.2, 0.25) is 0 Å². The van der Waals surface area contributed by atoms with E-state index in [1.807, 2.05) is 6.07 Å². The fourth-order valence-electron chi connectivity index (χ4n) is 1.47. The van der Waals surface area contributed by atoms with E-state index in [2.05, 4.69) is 0 Å². The minimum absolute atomic E-state index is 0.156. The van der Waals surface area contributed by atoms with Crippen LogP contribution in [0, 0.1) is 0 Å². The maximum Gasteiger partial charge on any atom is 0.121 e.